The maximum atomic E-state index is 7.40. The lowest BCUT2D eigenvalue weighted by Gasteiger charge is -2.30. The maximum Gasteiger partial charge on any atom is 0.142 e. The fourth-order valence-electron chi connectivity index (χ4n) is 2.24. The number of hydrogen-bond acceptors (Lipinski definition) is 3. The molecule has 1 aromatic rings. The van der Waals surface area contributed by atoms with E-state index < -0.39 is 0 Å². The molecule has 17 heavy (non-hydrogen) atoms. The third-order valence-corrected chi connectivity index (χ3v) is 3.02. The molecule has 0 fully saturated rings. The van der Waals surface area contributed by atoms with Gasteiger partial charge in [-0.3, -0.25) is 5.41 Å². The van der Waals surface area contributed by atoms with E-state index in [2.05, 4.69) is 17.9 Å². The molecule has 1 aromatic carbocycles. The minimum absolute atomic E-state index is 0.232. The van der Waals surface area contributed by atoms with Gasteiger partial charge < -0.3 is 15.4 Å². The number of para-hydroxylation sites is 2. The van der Waals surface area contributed by atoms with E-state index in [-0.39, 0.29) is 11.9 Å². The average Bonchev–Trinajstić information content (AvgIpc) is 2.50. The number of ether oxygens (including phenoxy) is 1. The number of nitrogens with one attached hydrogen (secondary N) is 1. The molecule has 3 N–H and O–H groups in total. The van der Waals surface area contributed by atoms with Gasteiger partial charge in [0.2, 0.25) is 0 Å². The Hall–Kier alpha value is -1.71. The molecule has 4 nitrogen and oxygen atoms in total. The van der Waals surface area contributed by atoms with Gasteiger partial charge in [-0.1, -0.05) is 12.1 Å². The Labute approximate surface area is 102 Å². The summed E-state index contributed by atoms with van der Waals surface area (Å²) >= 11 is 0. The number of rotatable bonds is 3. The molecule has 0 amide bonds. The molecular formula is C13H19N3O. The first-order valence-electron chi connectivity index (χ1n) is 6.00. The predicted octanol–water partition coefficient (Wildman–Crippen LogP) is 1.99. The van der Waals surface area contributed by atoms with Crippen molar-refractivity contribution in [1.29, 1.82) is 5.41 Å². The highest BCUT2D eigenvalue weighted by Gasteiger charge is 2.20. The summed E-state index contributed by atoms with van der Waals surface area (Å²) < 4.78 is 5.71. The second-order valence-corrected chi connectivity index (χ2v) is 4.44. The lowest BCUT2D eigenvalue weighted by atomic mass is 10.1. The van der Waals surface area contributed by atoms with E-state index in [1.165, 1.54) is 0 Å². The van der Waals surface area contributed by atoms with Crippen LogP contribution in [0.2, 0.25) is 0 Å². The number of nitrogens with zero attached hydrogens (tertiary/aromatic N) is 1. The van der Waals surface area contributed by atoms with E-state index in [9.17, 15) is 0 Å². The number of anilines is 1. The highest BCUT2D eigenvalue weighted by atomic mass is 16.5. The smallest absolute Gasteiger partial charge is 0.142 e. The van der Waals surface area contributed by atoms with E-state index in [1.54, 1.807) is 0 Å². The van der Waals surface area contributed by atoms with Crippen LogP contribution in [-0.4, -0.2) is 25.0 Å². The Morgan fingerprint density at radius 1 is 1.53 bits per heavy atom. The van der Waals surface area contributed by atoms with Gasteiger partial charge in [-0.2, -0.15) is 0 Å². The summed E-state index contributed by atoms with van der Waals surface area (Å²) in [6.07, 6.45) is 1.59. The Kier molecular flexibility index (Phi) is 3.52. The molecule has 1 aliphatic heterocycles. The molecule has 0 spiro atoms. The lowest BCUT2D eigenvalue weighted by Crippen LogP contribution is -2.36. The van der Waals surface area contributed by atoms with Gasteiger partial charge in [0.1, 0.15) is 5.75 Å². The molecule has 1 atom stereocenters. The predicted molar refractivity (Wildman–Crippen MR) is 69.9 cm³/mol. The van der Waals surface area contributed by atoms with Gasteiger partial charge >= 0.3 is 0 Å². The zero-order valence-corrected chi connectivity index (χ0v) is 10.1. The molecular weight excluding hydrogens is 214 g/mol. The summed E-state index contributed by atoms with van der Waals surface area (Å²) in [6, 6.07) is 8.29. The van der Waals surface area contributed by atoms with Crippen LogP contribution < -0.4 is 15.4 Å². The van der Waals surface area contributed by atoms with Crippen LogP contribution in [0.4, 0.5) is 5.69 Å². The first kappa shape index (κ1) is 11.8. The van der Waals surface area contributed by atoms with Crippen molar-refractivity contribution in [3.63, 3.8) is 0 Å². The zero-order valence-electron chi connectivity index (χ0n) is 10.1. The van der Waals surface area contributed by atoms with Crippen LogP contribution in [0.5, 0.6) is 5.75 Å². The molecule has 0 radical (unpaired) electrons. The summed E-state index contributed by atoms with van der Waals surface area (Å²) in [5, 5.41) is 7.40. The first-order chi connectivity index (χ1) is 8.18. The third kappa shape index (κ3) is 2.70. The number of hydrogen-bond donors (Lipinski definition) is 2. The fourth-order valence-corrected chi connectivity index (χ4v) is 2.24. The number of amidine groups is 1. The van der Waals surface area contributed by atoms with Crippen molar-refractivity contribution in [3.05, 3.63) is 24.3 Å². The zero-order chi connectivity index (χ0) is 12.3. The van der Waals surface area contributed by atoms with Crippen LogP contribution in [0.3, 0.4) is 0 Å². The summed E-state index contributed by atoms with van der Waals surface area (Å²) in [6.45, 7) is 3.80. The maximum absolute atomic E-state index is 7.40. The molecule has 1 unspecified atom stereocenters. The second kappa shape index (κ2) is 5.08. The second-order valence-electron chi connectivity index (χ2n) is 4.44. The largest absolute Gasteiger partial charge is 0.491 e. The average molecular weight is 233 g/mol. The Bertz CT molecular complexity index is 405. The summed E-state index contributed by atoms with van der Waals surface area (Å²) in [5.41, 5.74) is 6.59. The van der Waals surface area contributed by atoms with Crippen molar-refractivity contribution in [2.45, 2.75) is 25.8 Å². The molecule has 92 valence electrons. The standard InChI is InChI=1S/C13H19N3O/c1-10(9-13(14)15)16-7-4-8-17-12-6-3-2-5-11(12)16/h2-3,5-6,10H,4,7-9H2,1H3,(H3,14,15). The normalized spacial score (nSPS) is 16.6. The molecule has 0 aliphatic carbocycles. The van der Waals surface area contributed by atoms with Gasteiger partial charge in [0, 0.05) is 19.0 Å². The summed E-state index contributed by atoms with van der Waals surface area (Å²) in [5.74, 6) is 1.17. The van der Waals surface area contributed by atoms with Gasteiger partial charge in [-0.05, 0) is 25.5 Å². The van der Waals surface area contributed by atoms with Crippen molar-refractivity contribution >= 4 is 11.5 Å². The molecule has 4 heteroatoms. The molecule has 0 bridgehead atoms. The van der Waals surface area contributed by atoms with Gasteiger partial charge in [0.25, 0.3) is 0 Å². The summed E-state index contributed by atoms with van der Waals surface area (Å²) in [7, 11) is 0. The Morgan fingerprint density at radius 2 is 2.29 bits per heavy atom. The highest BCUT2D eigenvalue weighted by Crippen LogP contribution is 2.32. The third-order valence-electron chi connectivity index (χ3n) is 3.02. The molecule has 1 aliphatic rings. The van der Waals surface area contributed by atoms with Crippen LogP contribution in [0.15, 0.2) is 24.3 Å². The van der Waals surface area contributed by atoms with Crippen molar-refractivity contribution in [1.82, 2.24) is 0 Å². The van der Waals surface area contributed by atoms with E-state index in [0.29, 0.717) is 6.42 Å². The monoisotopic (exact) mass is 233 g/mol. The topological polar surface area (TPSA) is 62.3 Å². The van der Waals surface area contributed by atoms with Crippen LogP contribution in [0.1, 0.15) is 19.8 Å². The quantitative estimate of drug-likeness (QED) is 0.620. The molecule has 0 saturated heterocycles. The number of fused-ring (bicyclic) bond motifs is 1. The van der Waals surface area contributed by atoms with E-state index in [0.717, 1.165) is 31.0 Å². The minimum Gasteiger partial charge on any atom is -0.491 e. The van der Waals surface area contributed by atoms with Gasteiger partial charge in [-0.25, -0.2) is 0 Å². The lowest BCUT2D eigenvalue weighted by molar-refractivity contribution is 0.322. The SMILES string of the molecule is CC(CC(=N)N)N1CCCOc2ccccc21. The number of nitrogens with two attached hydrogens (primary N) is 1. The number of benzene rings is 1. The van der Waals surface area contributed by atoms with E-state index in [1.807, 2.05) is 18.2 Å². The minimum atomic E-state index is 0.232. The van der Waals surface area contributed by atoms with Gasteiger partial charge in [-0.15, -0.1) is 0 Å². The Balaban J connectivity index is 2.25. The highest BCUT2D eigenvalue weighted by molar-refractivity contribution is 5.78. The van der Waals surface area contributed by atoms with Crippen molar-refractivity contribution < 1.29 is 4.74 Å². The van der Waals surface area contributed by atoms with Gasteiger partial charge in [0.15, 0.2) is 0 Å². The molecule has 0 aromatic heterocycles. The van der Waals surface area contributed by atoms with Gasteiger partial charge in [0.05, 0.1) is 18.1 Å². The van der Waals surface area contributed by atoms with Crippen LogP contribution >= 0.6 is 0 Å². The Morgan fingerprint density at radius 3 is 3.06 bits per heavy atom. The van der Waals surface area contributed by atoms with Crippen LogP contribution in [-0.2, 0) is 0 Å². The molecule has 2 rings (SSSR count). The van der Waals surface area contributed by atoms with Crippen molar-refractivity contribution in [2.75, 3.05) is 18.1 Å². The van der Waals surface area contributed by atoms with E-state index in [4.69, 9.17) is 15.9 Å². The van der Waals surface area contributed by atoms with Crippen LogP contribution in [0.25, 0.3) is 0 Å². The molecule has 1 heterocycles. The van der Waals surface area contributed by atoms with E-state index >= 15 is 0 Å². The fraction of sp³-hybridized carbons (Fsp3) is 0.462. The van der Waals surface area contributed by atoms with Crippen molar-refractivity contribution in [2.24, 2.45) is 5.73 Å². The summed E-state index contributed by atoms with van der Waals surface area (Å²) in [4.78, 5) is 2.28. The van der Waals surface area contributed by atoms with Crippen LogP contribution in [0, 0.1) is 5.41 Å². The first-order valence-corrected chi connectivity index (χ1v) is 6.00. The molecule has 0 saturated carbocycles. The van der Waals surface area contributed by atoms with Crippen molar-refractivity contribution in [3.8, 4) is 5.75 Å².